The number of benzene rings is 2. The van der Waals surface area contributed by atoms with Crippen molar-refractivity contribution in [1.82, 2.24) is 0 Å². The van der Waals surface area contributed by atoms with E-state index >= 15 is 0 Å². The molecule has 0 radical (unpaired) electrons. The Morgan fingerprint density at radius 1 is 0.970 bits per heavy atom. The van der Waals surface area contributed by atoms with E-state index in [1.54, 1.807) is 68.5 Å². The minimum absolute atomic E-state index is 0.0285. The highest BCUT2D eigenvalue weighted by molar-refractivity contribution is 7.13. The average molecular weight is 467 g/mol. The minimum atomic E-state index is -0.868. The molecule has 0 saturated heterocycles. The topological polar surface area (TPSA) is 105 Å². The molecule has 0 spiro atoms. The number of hydrogen-bond acceptors (Lipinski definition) is 5. The van der Waals surface area contributed by atoms with Crippen LogP contribution in [0.25, 0.3) is 10.4 Å². The van der Waals surface area contributed by atoms with Crippen LogP contribution in [0.4, 0.5) is 16.2 Å². The second-order valence-electron chi connectivity index (χ2n) is 8.41. The van der Waals surface area contributed by atoms with Gasteiger partial charge >= 0.3 is 12.1 Å². The van der Waals surface area contributed by atoms with Gasteiger partial charge in [0, 0.05) is 16.9 Å². The maximum atomic E-state index is 12.9. The molecule has 0 aliphatic heterocycles. The van der Waals surface area contributed by atoms with Crippen molar-refractivity contribution in [3.8, 4) is 10.4 Å². The van der Waals surface area contributed by atoms with Gasteiger partial charge in [-0.1, -0.05) is 24.3 Å². The number of amides is 2. The van der Waals surface area contributed by atoms with Gasteiger partial charge in [-0.25, -0.2) is 4.79 Å². The lowest BCUT2D eigenvalue weighted by molar-refractivity contribution is -0.136. The van der Waals surface area contributed by atoms with E-state index < -0.39 is 17.7 Å². The van der Waals surface area contributed by atoms with Crippen LogP contribution < -0.4 is 10.6 Å². The second kappa shape index (κ2) is 10.3. The molecular weight excluding hydrogens is 440 g/mol. The molecule has 3 rings (SSSR count). The number of carbonyl (C=O) groups excluding carboxylic acids is 2. The van der Waals surface area contributed by atoms with Crippen molar-refractivity contribution < 1.29 is 24.2 Å². The maximum Gasteiger partial charge on any atom is 0.412 e. The Kier molecular flexibility index (Phi) is 7.50. The van der Waals surface area contributed by atoms with Crippen LogP contribution in [-0.2, 0) is 16.0 Å². The van der Waals surface area contributed by atoms with E-state index in [0.717, 1.165) is 16.0 Å². The number of thiophene rings is 1. The lowest BCUT2D eigenvalue weighted by Crippen LogP contribution is -2.27. The third-order valence-electron chi connectivity index (χ3n) is 4.55. The summed E-state index contributed by atoms with van der Waals surface area (Å²) in [6, 6.07) is 16.1. The van der Waals surface area contributed by atoms with Gasteiger partial charge in [-0.15, -0.1) is 11.3 Å². The fourth-order valence-corrected chi connectivity index (χ4v) is 3.76. The van der Waals surface area contributed by atoms with Crippen molar-refractivity contribution in [2.24, 2.45) is 0 Å². The van der Waals surface area contributed by atoms with E-state index in [4.69, 9.17) is 9.84 Å². The molecule has 33 heavy (non-hydrogen) atoms. The Hall–Kier alpha value is -3.65. The molecule has 3 aromatic rings. The number of aryl methyl sites for hydroxylation is 1. The van der Waals surface area contributed by atoms with Crippen molar-refractivity contribution in [3.63, 3.8) is 0 Å². The van der Waals surface area contributed by atoms with E-state index in [1.807, 2.05) is 23.6 Å². The predicted molar refractivity (Wildman–Crippen MR) is 130 cm³/mol. The van der Waals surface area contributed by atoms with Crippen LogP contribution in [-0.4, -0.2) is 28.7 Å². The van der Waals surface area contributed by atoms with Gasteiger partial charge in [-0.05, 0) is 74.0 Å². The quantitative estimate of drug-likeness (QED) is 0.394. The van der Waals surface area contributed by atoms with Gasteiger partial charge in [0.05, 0.1) is 11.4 Å². The van der Waals surface area contributed by atoms with Gasteiger partial charge < -0.3 is 15.2 Å². The molecule has 1 aromatic heterocycles. The fourth-order valence-electron chi connectivity index (χ4n) is 3.03. The monoisotopic (exact) mass is 466 g/mol. The minimum Gasteiger partial charge on any atom is -0.481 e. The van der Waals surface area contributed by atoms with Gasteiger partial charge in [0.25, 0.3) is 5.91 Å². The standard InChI is InChI=1S/C25H26N2O5S/c1-25(2,3)32-24(31)27-19-12-11-18(21-5-4-14-33-21)15-20(19)26-23(30)17-9-6-16(7-10-17)8-13-22(28)29/h4-7,9-12,14-15H,8,13H2,1-3H3,(H,26,30)(H,27,31)(H,28,29). The average Bonchev–Trinajstić information content (AvgIpc) is 3.27. The summed E-state index contributed by atoms with van der Waals surface area (Å²) < 4.78 is 5.34. The van der Waals surface area contributed by atoms with E-state index in [-0.39, 0.29) is 12.3 Å². The van der Waals surface area contributed by atoms with Crippen LogP contribution in [0.1, 0.15) is 43.1 Å². The number of carbonyl (C=O) groups is 3. The van der Waals surface area contributed by atoms with E-state index in [1.165, 1.54) is 0 Å². The van der Waals surface area contributed by atoms with E-state index in [0.29, 0.717) is 23.4 Å². The Labute approximate surface area is 196 Å². The van der Waals surface area contributed by atoms with Crippen LogP contribution >= 0.6 is 11.3 Å². The highest BCUT2D eigenvalue weighted by Gasteiger charge is 2.18. The molecule has 3 N–H and O–H groups in total. The van der Waals surface area contributed by atoms with Crippen molar-refractivity contribution in [1.29, 1.82) is 0 Å². The summed E-state index contributed by atoms with van der Waals surface area (Å²) in [4.78, 5) is 37.0. The normalized spacial score (nSPS) is 11.0. The third kappa shape index (κ3) is 7.18. The maximum absolute atomic E-state index is 12.9. The molecule has 2 amide bonds. The van der Waals surface area contributed by atoms with Gasteiger partial charge in [0.2, 0.25) is 0 Å². The van der Waals surface area contributed by atoms with Crippen LogP contribution in [0.5, 0.6) is 0 Å². The molecule has 0 saturated carbocycles. The first-order valence-electron chi connectivity index (χ1n) is 10.4. The molecule has 0 aliphatic rings. The summed E-state index contributed by atoms with van der Waals surface area (Å²) in [5.74, 6) is -1.22. The zero-order chi connectivity index (χ0) is 24.0. The molecular formula is C25H26N2O5S. The summed E-state index contributed by atoms with van der Waals surface area (Å²) in [5, 5.41) is 16.4. The van der Waals surface area contributed by atoms with Gasteiger partial charge in [-0.2, -0.15) is 0 Å². The van der Waals surface area contributed by atoms with Gasteiger partial charge in [0.15, 0.2) is 0 Å². The first kappa shape index (κ1) is 24.0. The first-order chi connectivity index (χ1) is 15.6. The smallest absolute Gasteiger partial charge is 0.412 e. The Morgan fingerprint density at radius 3 is 2.30 bits per heavy atom. The summed E-state index contributed by atoms with van der Waals surface area (Å²) in [7, 11) is 0. The van der Waals surface area contributed by atoms with Gasteiger partial charge in [0.1, 0.15) is 5.60 Å². The second-order valence-corrected chi connectivity index (χ2v) is 9.36. The Balaban J connectivity index is 1.82. The lowest BCUT2D eigenvalue weighted by Gasteiger charge is -2.21. The van der Waals surface area contributed by atoms with Crippen molar-refractivity contribution >= 4 is 40.7 Å². The highest BCUT2D eigenvalue weighted by Crippen LogP contribution is 2.32. The van der Waals surface area contributed by atoms with Crippen molar-refractivity contribution in [2.75, 3.05) is 10.6 Å². The number of hydrogen-bond donors (Lipinski definition) is 3. The van der Waals surface area contributed by atoms with Crippen molar-refractivity contribution in [3.05, 3.63) is 71.1 Å². The largest absolute Gasteiger partial charge is 0.481 e. The molecule has 1 heterocycles. The van der Waals surface area contributed by atoms with Crippen LogP contribution in [0, 0.1) is 0 Å². The zero-order valence-electron chi connectivity index (χ0n) is 18.7. The van der Waals surface area contributed by atoms with Crippen molar-refractivity contribution in [2.45, 2.75) is 39.2 Å². The van der Waals surface area contributed by atoms with Gasteiger partial charge in [-0.3, -0.25) is 14.9 Å². The molecule has 8 heteroatoms. The molecule has 2 aromatic carbocycles. The van der Waals surface area contributed by atoms with Crippen LogP contribution in [0.15, 0.2) is 60.0 Å². The van der Waals surface area contributed by atoms with Crippen LogP contribution in [0.2, 0.25) is 0 Å². The Morgan fingerprint density at radius 2 is 1.70 bits per heavy atom. The highest BCUT2D eigenvalue weighted by atomic mass is 32.1. The molecule has 0 bridgehead atoms. The molecule has 172 valence electrons. The summed E-state index contributed by atoms with van der Waals surface area (Å²) >= 11 is 1.57. The summed E-state index contributed by atoms with van der Waals surface area (Å²) in [6.07, 6.45) is -0.199. The molecule has 0 unspecified atom stereocenters. The van der Waals surface area contributed by atoms with Crippen LogP contribution in [0.3, 0.4) is 0 Å². The molecule has 0 atom stereocenters. The van der Waals surface area contributed by atoms with E-state index in [9.17, 15) is 14.4 Å². The number of aliphatic carboxylic acids is 1. The van der Waals surface area contributed by atoms with E-state index in [2.05, 4.69) is 10.6 Å². The summed E-state index contributed by atoms with van der Waals surface area (Å²) in [6.45, 7) is 5.32. The number of anilines is 2. The number of carboxylic acids is 1. The molecule has 7 nitrogen and oxygen atoms in total. The number of rotatable bonds is 7. The summed E-state index contributed by atoms with van der Waals surface area (Å²) in [5.41, 5.74) is 2.34. The third-order valence-corrected chi connectivity index (χ3v) is 5.47. The number of nitrogens with one attached hydrogen (secondary N) is 2. The molecule has 0 fully saturated rings. The first-order valence-corrected chi connectivity index (χ1v) is 11.3. The number of carboxylic acid groups (broad SMARTS) is 1. The predicted octanol–water partition coefficient (Wildman–Crippen LogP) is 6.03. The lowest BCUT2D eigenvalue weighted by atomic mass is 10.1. The molecule has 0 aliphatic carbocycles. The fraction of sp³-hybridized carbons (Fsp3) is 0.240. The number of ether oxygens (including phenoxy) is 1. The zero-order valence-corrected chi connectivity index (χ0v) is 19.5. The SMILES string of the molecule is CC(C)(C)OC(=O)Nc1ccc(-c2cccs2)cc1NC(=O)c1ccc(CCC(=O)O)cc1. The Bertz CT molecular complexity index is 1130.